The maximum absolute atomic E-state index is 5.61. The second-order valence-electron chi connectivity index (χ2n) is 5.05. The number of thiophene rings is 1. The van der Waals surface area contributed by atoms with Crippen LogP contribution >= 0.6 is 11.3 Å². The summed E-state index contributed by atoms with van der Waals surface area (Å²) in [6, 6.07) is 8.68. The Hall–Kier alpha value is -1.52. The van der Waals surface area contributed by atoms with E-state index in [4.69, 9.17) is 9.47 Å². The van der Waals surface area contributed by atoms with Gasteiger partial charge in [-0.05, 0) is 48.6 Å². The third-order valence-electron chi connectivity index (χ3n) is 3.51. The van der Waals surface area contributed by atoms with E-state index in [-0.39, 0.29) is 0 Å². The average molecular weight is 289 g/mol. The molecule has 3 rings (SSSR count). The van der Waals surface area contributed by atoms with Crippen molar-refractivity contribution in [3.05, 3.63) is 45.6 Å². The molecule has 0 amide bonds. The number of rotatable bonds is 4. The van der Waals surface area contributed by atoms with Crippen LogP contribution in [0, 0.1) is 6.92 Å². The molecule has 106 valence electrons. The van der Waals surface area contributed by atoms with E-state index in [2.05, 4.69) is 42.7 Å². The summed E-state index contributed by atoms with van der Waals surface area (Å²) in [5.41, 5.74) is 2.58. The van der Waals surface area contributed by atoms with Gasteiger partial charge >= 0.3 is 0 Å². The molecule has 3 nitrogen and oxygen atoms in total. The first-order valence-electron chi connectivity index (χ1n) is 6.90. The topological polar surface area (TPSA) is 30.5 Å². The Labute approximate surface area is 123 Å². The van der Waals surface area contributed by atoms with Crippen LogP contribution in [0.2, 0.25) is 0 Å². The number of aryl methyl sites for hydroxylation is 1. The van der Waals surface area contributed by atoms with Gasteiger partial charge in [0.05, 0.1) is 0 Å². The minimum absolute atomic E-state index is 0.364. The summed E-state index contributed by atoms with van der Waals surface area (Å²) in [6.45, 7) is 6.47. The van der Waals surface area contributed by atoms with Crippen molar-refractivity contribution in [2.75, 3.05) is 13.2 Å². The van der Waals surface area contributed by atoms with Gasteiger partial charge in [0.25, 0.3) is 0 Å². The first-order valence-corrected chi connectivity index (χ1v) is 7.78. The van der Waals surface area contributed by atoms with Crippen molar-refractivity contribution in [1.82, 2.24) is 5.32 Å². The molecule has 0 bridgehead atoms. The number of benzene rings is 1. The molecule has 1 N–H and O–H groups in total. The molecular formula is C16H19NO2S. The van der Waals surface area contributed by atoms with Crippen LogP contribution in [0.3, 0.4) is 0 Å². The molecule has 2 heterocycles. The Morgan fingerprint density at radius 1 is 1.20 bits per heavy atom. The number of fused-ring (bicyclic) bond motifs is 1. The summed E-state index contributed by atoms with van der Waals surface area (Å²) in [4.78, 5) is 1.41. The lowest BCUT2D eigenvalue weighted by Gasteiger charge is -2.19. The summed E-state index contributed by atoms with van der Waals surface area (Å²) in [5.74, 6) is 1.71. The number of ether oxygens (including phenoxy) is 2. The standard InChI is InChI=1S/C16H19NO2S/c1-11-5-8-20-16(11)12(2)17-10-13-3-4-14-15(9-13)19-7-6-18-14/h3-5,8-9,12,17H,6-7,10H2,1-2H3. The smallest absolute Gasteiger partial charge is 0.161 e. The van der Waals surface area contributed by atoms with E-state index in [0.29, 0.717) is 19.3 Å². The van der Waals surface area contributed by atoms with Crippen molar-refractivity contribution >= 4 is 11.3 Å². The normalized spacial score (nSPS) is 15.1. The molecule has 1 atom stereocenters. The van der Waals surface area contributed by atoms with Crippen LogP contribution < -0.4 is 14.8 Å². The van der Waals surface area contributed by atoms with E-state index in [1.165, 1.54) is 16.0 Å². The van der Waals surface area contributed by atoms with Crippen molar-refractivity contribution in [2.24, 2.45) is 0 Å². The molecule has 0 radical (unpaired) electrons. The average Bonchev–Trinajstić information content (AvgIpc) is 2.91. The minimum atomic E-state index is 0.364. The SMILES string of the molecule is Cc1ccsc1C(C)NCc1ccc2c(c1)OCCO2. The first kappa shape index (κ1) is 13.5. The maximum Gasteiger partial charge on any atom is 0.161 e. The zero-order valence-corrected chi connectivity index (χ0v) is 12.6. The van der Waals surface area contributed by atoms with Crippen LogP contribution in [0.25, 0.3) is 0 Å². The zero-order chi connectivity index (χ0) is 13.9. The molecule has 4 heteroatoms. The fourth-order valence-electron chi connectivity index (χ4n) is 2.39. The van der Waals surface area contributed by atoms with Gasteiger partial charge in [0.2, 0.25) is 0 Å². The lowest BCUT2D eigenvalue weighted by atomic mass is 10.1. The Morgan fingerprint density at radius 3 is 2.75 bits per heavy atom. The van der Waals surface area contributed by atoms with Crippen LogP contribution in [0.5, 0.6) is 11.5 Å². The summed E-state index contributed by atoms with van der Waals surface area (Å²) in [7, 11) is 0. The van der Waals surface area contributed by atoms with Gasteiger partial charge in [0.15, 0.2) is 11.5 Å². The highest BCUT2D eigenvalue weighted by Crippen LogP contribution is 2.31. The fourth-order valence-corrected chi connectivity index (χ4v) is 3.35. The van der Waals surface area contributed by atoms with E-state index in [0.717, 1.165) is 18.0 Å². The molecule has 0 saturated heterocycles. The van der Waals surface area contributed by atoms with Gasteiger partial charge in [-0.1, -0.05) is 6.07 Å². The Balaban J connectivity index is 1.65. The van der Waals surface area contributed by atoms with Crippen LogP contribution in [0.4, 0.5) is 0 Å². The molecule has 0 saturated carbocycles. The Morgan fingerprint density at radius 2 is 2.00 bits per heavy atom. The highest BCUT2D eigenvalue weighted by Gasteiger charge is 2.13. The lowest BCUT2D eigenvalue weighted by molar-refractivity contribution is 0.171. The van der Waals surface area contributed by atoms with Gasteiger partial charge in [-0.25, -0.2) is 0 Å². The highest BCUT2D eigenvalue weighted by molar-refractivity contribution is 7.10. The summed E-state index contributed by atoms with van der Waals surface area (Å²) in [6.07, 6.45) is 0. The summed E-state index contributed by atoms with van der Waals surface area (Å²) >= 11 is 1.81. The molecule has 0 aliphatic carbocycles. The van der Waals surface area contributed by atoms with E-state index in [9.17, 15) is 0 Å². The molecule has 0 spiro atoms. The van der Waals surface area contributed by atoms with Crippen LogP contribution in [-0.2, 0) is 6.54 Å². The van der Waals surface area contributed by atoms with Gasteiger partial charge in [-0.15, -0.1) is 11.3 Å². The van der Waals surface area contributed by atoms with Gasteiger partial charge < -0.3 is 14.8 Å². The molecule has 1 aliphatic heterocycles. The Bertz CT molecular complexity index is 594. The van der Waals surface area contributed by atoms with Crippen molar-refractivity contribution in [3.63, 3.8) is 0 Å². The van der Waals surface area contributed by atoms with Crippen molar-refractivity contribution in [3.8, 4) is 11.5 Å². The monoisotopic (exact) mass is 289 g/mol. The van der Waals surface area contributed by atoms with E-state index in [1.807, 2.05) is 17.4 Å². The minimum Gasteiger partial charge on any atom is -0.486 e. The molecule has 2 aromatic rings. The molecular weight excluding hydrogens is 270 g/mol. The van der Waals surface area contributed by atoms with Crippen molar-refractivity contribution < 1.29 is 9.47 Å². The lowest BCUT2D eigenvalue weighted by Crippen LogP contribution is -2.19. The number of hydrogen-bond acceptors (Lipinski definition) is 4. The van der Waals surface area contributed by atoms with E-state index < -0.39 is 0 Å². The van der Waals surface area contributed by atoms with Crippen LogP contribution in [-0.4, -0.2) is 13.2 Å². The molecule has 1 aliphatic rings. The van der Waals surface area contributed by atoms with Crippen molar-refractivity contribution in [1.29, 1.82) is 0 Å². The number of nitrogens with one attached hydrogen (secondary N) is 1. The molecule has 0 fully saturated rings. The van der Waals surface area contributed by atoms with Gasteiger partial charge in [-0.3, -0.25) is 0 Å². The van der Waals surface area contributed by atoms with Gasteiger partial charge in [0, 0.05) is 17.5 Å². The van der Waals surface area contributed by atoms with Gasteiger partial charge in [0.1, 0.15) is 13.2 Å². The zero-order valence-electron chi connectivity index (χ0n) is 11.8. The fraction of sp³-hybridized carbons (Fsp3) is 0.375. The van der Waals surface area contributed by atoms with Crippen molar-refractivity contribution in [2.45, 2.75) is 26.4 Å². The largest absolute Gasteiger partial charge is 0.486 e. The third kappa shape index (κ3) is 2.81. The van der Waals surface area contributed by atoms with Gasteiger partial charge in [-0.2, -0.15) is 0 Å². The highest BCUT2D eigenvalue weighted by atomic mass is 32.1. The predicted octanol–water partition coefficient (Wildman–Crippen LogP) is 3.68. The molecule has 1 unspecified atom stereocenters. The predicted molar refractivity (Wildman–Crippen MR) is 81.7 cm³/mol. The molecule has 1 aromatic carbocycles. The van der Waals surface area contributed by atoms with E-state index >= 15 is 0 Å². The summed E-state index contributed by atoms with van der Waals surface area (Å²) < 4.78 is 11.1. The maximum atomic E-state index is 5.61. The quantitative estimate of drug-likeness (QED) is 0.931. The number of hydrogen-bond donors (Lipinski definition) is 1. The second kappa shape index (κ2) is 5.85. The van der Waals surface area contributed by atoms with E-state index in [1.54, 1.807) is 0 Å². The third-order valence-corrected chi connectivity index (χ3v) is 4.72. The molecule has 20 heavy (non-hydrogen) atoms. The summed E-state index contributed by atoms with van der Waals surface area (Å²) in [5, 5.41) is 5.71. The molecule has 1 aromatic heterocycles. The Kier molecular flexibility index (Phi) is 3.94. The first-order chi connectivity index (χ1) is 9.74. The van der Waals surface area contributed by atoms with Crippen LogP contribution in [0.1, 0.15) is 29.0 Å². The second-order valence-corrected chi connectivity index (χ2v) is 6.00. The van der Waals surface area contributed by atoms with Crippen LogP contribution in [0.15, 0.2) is 29.6 Å².